The predicted octanol–water partition coefficient (Wildman–Crippen LogP) is -0.483. The largest absolute Gasteiger partial charge is 0.467 e. The van der Waals surface area contributed by atoms with E-state index in [1.807, 2.05) is 0 Å². The van der Waals surface area contributed by atoms with Crippen molar-refractivity contribution in [1.82, 2.24) is 0 Å². The summed E-state index contributed by atoms with van der Waals surface area (Å²) in [6.07, 6.45) is -0.634. The second-order valence-corrected chi connectivity index (χ2v) is 1.99. The lowest BCUT2D eigenvalue weighted by atomic mass is 10.2. The van der Waals surface area contributed by atoms with Crippen LogP contribution in [-0.2, 0) is 19.1 Å². The van der Waals surface area contributed by atoms with Gasteiger partial charge in [-0.2, -0.15) is 0 Å². The lowest BCUT2D eigenvalue weighted by molar-refractivity contribution is -0.154. The van der Waals surface area contributed by atoms with Gasteiger partial charge in [-0.15, -0.1) is 0 Å². The molecule has 0 radical (unpaired) electrons. The van der Waals surface area contributed by atoms with Crippen LogP contribution in [0.2, 0.25) is 0 Å². The average molecular weight is 144 g/mol. The highest BCUT2D eigenvalue weighted by molar-refractivity contribution is 6.03. The van der Waals surface area contributed by atoms with Gasteiger partial charge in [-0.1, -0.05) is 0 Å². The van der Waals surface area contributed by atoms with Crippen LogP contribution < -0.4 is 0 Å². The predicted molar refractivity (Wildman–Crippen MR) is 31.4 cm³/mol. The van der Waals surface area contributed by atoms with Crippen LogP contribution in [0.4, 0.5) is 0 Å². The third-order valence-electron chi connectivity index (χ3n) is 1.34. The molecule has 1 atom stereocenters. The van der Waals surface area contributed by atoms with E-state index in [0.717, 1.165) is 0 Å². The summed E-state index contributed by atoms with van der Waals surface area (Å²) in [7, 11) is 1.23. The highest BCUT2D eigenvalue weighted by Crippen LogP contribution is 2.08. The fourth-order valence-electron chi connectivity index (χ4n) is 0.808. The van der Waals surface area contributed by atoms with Gasteiger partial charge in [0.2, 0.25) is 6.10 Å². The van der Waals surface area contributed by atoms with E-state index >= 15 is 0 Å². The number of hydrogen-bond acceptors (Lipinski definition) is 4. The van der Waals surface area contributed by atoms with E-state index in [1.165, 1.54) is 7.11 Å². The topological polar surface area (TPSA) is 52.6 Å². The molecule has 1 fully saturated rings. The first-order valence-corrected chi connectivity index (χ1v) is 2.98. The zero-order valence-electron chi connectivity index (χ0n) is 5.62. The smallest absolute Gasteiger partial charge is 0.342 e. The molecule has 1 unspecified atom stereocenters. The zero-order chi connectivity index (χ0) is 7.56. The molecule has 4 nitrogen and oxygen atoms in total. The molecule has 0 aromatic carbocycles. The van der Waals surface area contributed by atoms with Crippen LogP contribution in [0.1, 0.15) is 6.42 Å². The third kappa shape index (κ3) is 1.16. The molecule has 1 aliphatic heterocycles. The lowest BCUT2D eigenvalue weighted by Gasteiger charge is -2.03. The molecule has 0 N–H and O–H groups in total. The first-order chi connectivity index (χ1) is 4.75. The Hall–Kier alpha value is -0.900. The van der Waals surface area contributed by atoms with Crippen molar-refractivity contribution >= 4 is 11.8 Å². The standard InChI is InChI=1S/C6H8O4/c1-9-6(8)5-4(7)2-3-10-5/h5H,2-3H2,1H3. The first kappa shape index (κ1) is 7.21. The molecule has 1 heterocycles. The van der Waals surface area contributed by atoms with Crippen molar-refractivity contribution in [3.63, 3.8) is 0 Å². The summed E-state index contributed by atoms with van der Waals surface area (Å²) in [4.78, 5) is 21.4. The normalized spacial score (nSPS) is 24.9. The SMILES string of the molecule is COC(=O)C1OCCC1=O. The minimum absolute atomic E-state index is 0.188. The molecule has 0 spiro atoms. The van der Waals surface area contributed by atoms with Crippen molar-refractivity contribution in [3.05, 3.63) is 0 Å². The van der Waals surface area contributed by atoms with Gasteiger partial charge in [0, 0.05) is 6.42 Å². The number of hydrogen-bond donors (Lipinski definition) is 0. The Labute approximate surface area is 58.1 Å². The third-order valence-corrected chi connectivity index (χ3v) is 1.34. The van der Waals surface area contributed by atoms with Gasteiger partial charge < -0.3 is 9.47 Å². The number of carbonyl (C=O) groups is 2. The molecule has 0 saturated carbocycles. The van der Waals surface area contributed by atoms with Crippen LogP contribution in [0, 0.1) is 0 Å². The lowest BCUT2D eigenvalue weighted by Crippen LogP contribution is -2.27. The molecule has 0 aromatic heterocycles. The van der Waals surface area contributed by atoms with Gasteiger partial charge in [-0.25, -0.2) is 4.79 Å². The second kappa shape index (κ2) is 2.79. The Kier molecular flexibility index (Phi) is 2.01. The molecule has 0 amide bonds. The Balaban J connectivity index is 2.55. The van der Waals surface area contributed by atoms with Crippen LogP contribution in [-0.4, -0.2) is 31.6 Å². The van der Waals surface area contributed by atoms with Crippen molar-refractivity contribution < 1.29 is 19.1 Å². The second-order valence-electron chi connectivity index (χ2n) is 1.99. The highest BCUT2D eigenvalue weighted by Gasteiger charge is 2.32. The molecule has 0 bridgehead atoms. The number of ether oxygens (including phenoxy) is 2. The summed E-state index contributed by atoms with van der Waals surface area (Å²) in [5.41, 5.74) is 0. The summed E-state index contributed by atoms with van der Waals surface area (Å²) in [6, 6.07) is 0. The van der Waals surface area contributed by atoms with Crippen molar-refractivity contribution in [2.45, 2.75) is 12.5 Å². The quantitative estimate of drug-likeness (QED) is 0.368. The molecular weight excluding hydrogens is 136 g/mol. The minimum atomic E-state index is -0.954. The Morgan fingerprint density at radius 2 is 2.50 bits per heavy atom. The highest BCUT2D eigenvalue weighted by atomic mass is 16.6. The molecule has 1 saturated heterocycles. The van der Waals surface area contributed by atoms with Crippen molar-refractivity contribution in [1.29, 1.82) is 0 Å². The molecule has 10 heavy (non-hydrogen) atoms. The minimum Gasteiger partial charge on any atom is -0.467 e. The van der Waals surface area contributed by atoms with Crippen LogP contribution >= 0.6 is 0 Å². The molecule has 0 aliphatic carbocycles. The van der Waals surface area contributed by atoms with Crippen molar-refractivity contribution in [2.75, 3.05) is 13.7 Å². The van der Waals surface area contributed by atoms with E-state index < -0.39 is 12.1 Å². The van der Waals surface area contributed by atoms with Crippen LogP contribution in [0.25, 0.3) is 0 Å². The van der Waals surface area contributed by atoms with E-state index in [1.54, 1.807) is 0 Å². The number of ketones is 1. The number of methoxy groups -OCH3 is 1. The Morgan fingerprint density at radius 3 is 2.90 bits per heavy atom. The molecule has 0 aromatic rings. The number of Topliss-reactive ketones (excluding diaryl/α,β-unsaturated/α-hetero) is 1. The molecule has 1 aliphatic rings. The van der Waals surface area contributed by atoms with E-state index in [4.69, 9.17) is 4.74 Å². The molecular formula is C6H8O4. The van der Waals surface area contributed by atoms with E-state index in [2.05, 4.69) is 4.74 Å². The van der Waals surface area contributed by atoms with Crippen LogP contribution in [0.15, 0.2) is 0 Å². The molecule has 4 heteroatoms. The van der Waals surface area contributed by atoms with Gasteiger partial charge in [0.25, 0.3) is 0 Å². The number of rotatable bonds is 1. The summed E-state index contributed by atoms with van der Waals surface area (Å²) in [6.45, 7) is 0.332. The molecule has 1 rings (SSSR count). The summed E-state index contributed by atoms with van der Waals surface area (Å²) >= 11 is 0. The van der Waals surface area contributed by atoms with Gasteiger partial charge in [-0.05, 0) is 0 Å². The number of carbonyl (C=O) groups excluding carboxylic acids is 2. The average Bonchev–Trinajstić information content (AvgIpc) is 2.34. The zero-order valence-corrected chi connectivity index (χ0v) is 5.62. The fraction of sp³-hybridized carbons (Fsp3) is 0.667. The van der Waals surface area contributed by atoms with Crippen LogP contribution in [0.3, 0.4) is 0 Å². The van der Waals surface area contributed by atoms with Gasteiger partial charge in [0.05, 0.1) is 13.7 Å². The summed E-state index contributed by atoms with van der Waals surface area (Å²) in [5.74, 6) is -0.783. The Morgan fingerprint density at radius 1 is 1.80 bits per heavy atom. The van der Waals surface area contributed by atoms with E-state index in [-0.39, 0.29) is 5.78 Å². The van der Waals surface area contributed by atoms with Crippen LogP contribution in [0.5, 0.6) is 0 Å². The van der Waals surface area contributed by atoms with Crippen molar-refractivity contribution in [2.24, 2.45) is 0 Å². The van der Waals surface area contributed by atoms with Gasteiger partial charge >= 0.3 is 5.97 Å². The van der Waals surface area contributed by atoms with Gasteiger partial charge in [0.15, 0.2) is 5.78 Å². The Bertz CT molecular complexity index is 163. The maximum Gasteiger partial charge on any atom is 0.342 e. The maximum absolute atomic E-state index is 10.7. The van der Waals surface area contributed by atoms with Crippen molar-refractivity contribution in [3.8, 4) is 0 Å². The molecule has 56 valence electrons. The van der Waals surface area contributed by atoms with Gasteiger partial charge in [0.1, 0.15) is 0 Å². The maximum atomic E-state index is 10.7. The summed E-state index contributed by atoms with van der Waals surface area (Å²) in [5, 5.41) is 0. The van der Waals surface area contributed by atoms with E-state index in [0.29, 0.717) is 13.0 Å². The fourth-order valence-corrected chi connectivity index (χ4v) is 0.808. The monoisotopic (exact) mass is 144 g/mol. The number of esters is 1. The summed E-state index contributed by atoms with van der Waals surface area (Å²) < 4.78 is 9.11. The first-order valence-electron chi connectivity index (χ1n) is 2.98. The van der Waals surface area contributed by atoms with Gasteiger partial charge in [-0.3, -0.25) is 4.79 Å². The van der Waals surface area contributed by atoms with E-state index in [9.17, 15) is 9.59 Å².